The fourth-order valence-corrected chi connectivity index (χ4v) is 1.20. The summed E-state index contributed by atoms with van der Waals surface area (Å²) in [5.74, 6) is 0. The first kappa shape index (κ1) is 7.05. The van der Waals surface area contributed by atoms with E-state index in [1.807, 2.05) is 9.09 Å². The van der Waals surface area contributed by atoms with Crippen LogP contribution in [0.4, 0.5) is 0 Å². The average Bonchev–Trinajstić information content (AvgIpc) is 2.15. The van der Waals surface area contributed by atoms with Gasteiger partial charge in [0.25, 0.3) is 0 Å². The molecule has 1 aromatic heterocycles. The normalized spacial score (nSPS) is 10.1. The SMILES string of the molecule is CCc1cnn(I)c1C. The van der Waals surface area contributed by atoms with Gasteiger partial charge in [-0.15, -0.1) is 0 Å². The van der Waals surface area contributed by atoms with Crippen LogP contribution in [-0.2, 0) is 6.42 Å². The van der Waals surface area contributed by atoms with Crippen LogP contribution >= 0.6 is 22.9 Å². The molecule has 1 heterocycles. The van der Waals surface area contributed by atoms with Gasteiger partial charge in [0.15, 0.2) is 0 Å². The van der Waals surface area contributed by atoms with Crippen LogP contribution in [0.25, 0.3) is 0 Å². The van der Waals surface area contributed by atoms with E-state index in [1.54, 1.807) is 0 Å². The quantitative estimate of drug-likeness (QED) is 0.681. The molecular weight excluding hydrogens is 227 g/mol. The molecule has 0 unspecified atom stereocenters. The molecule has 0 aliphatic carbocycles. The predicted octanol–water partition coefficient (Wildman–Crippen LogP) is 1.95. The first-order chi connectivity index (χ1) is 4.25. The molecule has 0 saturated carbocycles. The van der Waals surface area contributed by atoms with Crippen LogP contribution < -0.4 is 0 Å². The highest BCUT2D eigenvalue weighted by molar-refractivity contribution is 14.1. The van der Waals surface area contributed by atoms with E-state index in [9.17, 15) is 0 Å². The van der Waals surface area contributed by atoms with E-state index in [-0.39, 0.29) is 0 Å². The molecule has 0 N–H and O–H groups in total. The van der Waals surface area contributed by atoms with Gasteiger partial charge in [-0.1, -0.05) is 6.92 Å². The molecule has 1 aromatic rings. The van der Waals surface area contributed by atoms with Crippen molar-refractivity contribution in [2.24, 2.45) is 0 Å². The third-order valence-corrected chi connectivity index (χ3v) is 2.41. The van der Waals surface area contributed by atoms with Gasteiger partial charge in [-0.05, 0) is 18.9 Å². The van der Waals surface area contributed by atoms with Crippen LogP contribution in [0.15, 0.2) is 6.20 Å². The summed E-state index contributed by atoms with van der Waals surface area (Å²) in [4.78, 5) is 0. The molecule has 0 aliphatic rings. The zero-order chi connectivity index (χ0) is 6.85. The van der Waals surface area contributed by atoms with Crippen molar-refractivity contribution in [3.05, 3.63) is 17.5 Å². The number of rotatable bonds is 1. The van der Waals surface area contributed by atoms with E-state index >= 15 is 0 Å². The van der Waals surface area contributed by atoms with E-state index in [1.165, 1.54) is 11.3 Å². The number of nitrogens with zero attached hydrogens (tertiary/aromatic N) is 2. The molecule has 3 heteroatoms. The molecule has 0 amide bonds. The summed E-state index contributed by atoms with van der Waals surface area (Å²) in [5.41, 5.74) is 2.60. The minimum Gasteiger partial charge on any atom is -0.208 e. The van der Waals surface area contributed by atoms with E-state index in [2.05, 4.69) is 41.8 Å². The van der Waals surface area contributed by atoms with Crippen molar-refractivity contribution in [1.82, 2.24) is 7.99 Å². The Hall–Kier alpha value is -0.0600. The average molecular weight is 236 g/mol. The summed E-state index contributed by atoms with van der Waals surface area (Å²) in [5, 5.41) is 4.09. The highest BCUT2D eigenvalue weighted by Gasteiger charge is 1.99. The van der Waals surface area contributed by atoms with Crippen molar-refractivity contribution in [2.45, 2.75) is 20.3 Å². The summed E-state index contributed by atoms with van der Waals surface area (Å²) >= 11 is 2.17. The molecular formula is C6H9IN2. The highest BCUT2D eigenvalue weighted by Crippen LogP contribution is 2.09. The van der Waals surface area contributed by atoms with Crippen molar-refractivity contribution < 1.29 is 0 Å². The zero-order valence-corrected chi connectivity index (χ0v) is 7.71. The first-order valence-electron chi connectivity index (χ1n) is 2.95. The molecule has 0 bridgehead atoms. The fraction of sp³-hybridized carbons (Fsp3) is 0.500. The second-order valence-corrected chi connectivity index (χ2v) is 2.88. The van der Waals surface area contributed by atoms with E-state index in [4.69, 9.17) is 0 Å². The van der Waals surface area contributed by atoms with Gasteiger partial charge >= 0.3 is 0 Å². The van der Waals surface area contributed by atoms with Crippen LogP contribution in [0.3, 0.4) is 0 Å². The van der Waals surface area contributed by atoms with E-state index in [0.717, 1.165) is 6.42 Å². The summed E-state index contributed by atoms with van der Waals surface area (Å²) in [6.45, 7) is 4.22. The molecule has 1 rings (SSSR count). The van der Waals surface area contributed by atoms with Gasteiger partial charge in [-0.25, -0.2) is 2.90 Å². The van der Waals surface area contributed by atoms with Crippen LogP contribution in [0.1, 0.15) is 18.2 Å². The molecule has 0 aromatic carbocycles. The van der Waals surface area contributed by atoms with Gasteiger partial charge in [0.05, 0.1) is 29.1 Å². The van der Waals surface area contributed by atoms with Gasteiger partial charge in [0, 0.05) is 5.69 Å². The Morgan fingerprint density at radius 2 is 2.44 bits per heavy atom. The molecule has 0 fully saturated rings. The maximum atomic E-state index is 4.09. The zero-order valence-electron chi connectivity index (χ0n) is 5.56. The second kappa shape index (κ2) is 2.68. The fourth-order valence-electron chi connectivity index (χ4n) is 0.766. The second-order valence-electron chi connectivity index (χ2n) is 1.97. The third kappa shape index (κ3) is 1.26. The smallest absolute Gasteiger partial charge is 0.0846 e. The van der Waals surface area contributed by atoms with Gasteiger partial charge in [-0.2, -0.15) is 5.10 Å². The summed E-state index contributed by atoms with van der Waals surface area (Å²) in [6.07, 6.45) is 3.00. The summed E-state index contributed by atoms with van der Waals surface area (Å²) in [6, 6.07) is 0. The lowest BCUT2D eigenvalue weighted by molar-refractivity contribution is 1.01. The minimum absolute atomic E-state index is 1.08. The van der Waals surface area contributed by atoms with E-state index in [0.29, 0.717) is 0 Å². The lowest BCUT2D eigenvalue weighted by Gasteiger charge is -1.91. The van der Waals surface area contributed by atoms with Gasteiger partial charge in [-0.3, -0.25) is 0 Å². The van der Waals surface area contributed by atoms with Gasteiger partial charge in [0.1, 0.15) is 0 Å². The van der Waals surface area contributed by atoms with Gasteiger partial charge < -0.3 is 0 Å². The van der Waals surface area contributed by atoms with Gasteiger partial charge in [0.2, 0.25) is 0 Å². The Labute approximate surface area is 68.8 Å². The van der Waals surface area contributed by atoms with Crippen LogP contribution in [0, 0.1) is 6.92 Å². The third-order valence-electron chi connectivity index (χ3n) is 1.44. The van der Waals surface area contributed by atoms with Crippen molar-refractivity contribution in [2.75, 3.05) is 0 Å². The monoisotopic (exact) mass is 236 g/mol. The molecule has 0 spiro atoms. The number of hydrogen-bond acceptors (Lipinski definition) is 1. The first-order valence-corrected chi connectivity index (χ1v) is 3.92. The van der Waals surface area contributed by atoms with Crippen molar-refractivity contribution in [3.8, 4) is 0 Å². The Bertz CT molecular complexity index is 205. The molecule has 2 nitrogen and oxygen atoms in total. The molecule has 0 aliphatic heterocycles. The number of hydrogen-bond donors (Lipinski definition) is 0. The van der Waals surface area contributed by atoms with Crippen molar-refractivity contribution in [1.29, 1.82) is 0 Å². The molecule has 0 atom stereocenters. The number of halogens is 1. The predicted molar refractivity (Wildman–Crippen MR) is 45.8 cm³/mol. The topological polar surface area (TPSA) is 17.8 Å². The van der Waals surface area contributed by atoms with Crippen molar-refractivity contribution >= 4 is 22.9 Å². The molecule has 9 heavy (non-hydrogen) atoms. The standard InChI is InChI=1S/C6H9IN2/c1-3-6-4-8-9(7)5(6)2/h4H,3H2,1-2H3. The summed E-state index contributed by atoms with van der Waals surface area (Å²) < 4.78 is 1.87. The molecule has 0 saturated heterocycles. The van der Waals surface area contributed by atoms with Crippen molar-refractivity contribution in [3.63, 3.8) is 0 Å². The Kier molecular flexibility index (Phi) is 2.10. The molecule has 50 valence electrons. The maximum absolute atomic E-state index is 4.09. The van der Waals surface area contributed by atoms with Crippen LogP contribution in [0.2, 0.25) is 0 Å². The minimum atomic E-state index is 1.08. The number of aromatic nitrogens is 2. The Morgan fingerprint density at radius 3 is 2.67 bits per heavy atom. The highest BCUT2D eigenvalue weighted by atomic mass is 127. The van der Waals surface area contributed by atoms with Crippen LogP contribution in [-0.4, -0.2) is 7.99 Å². The Morgan fingerprint density at radius 1 is 1.78 bits per heavy atom. The lowest BCUT2D eigenvalue weighted by atomic mass is 10.2. The Balaban J connectivity index is 3.04. The largest absolute Gasteiger partial charge is 0.208 e. The number of aryl methyl sites for hydroxylation is 1. The lowest BCUT2D eigenvalue weighted by Crippen LogP contribution is -1.85. The summed E-state index contributed by atoms with van der Waals surface area (Å²) in [7, 11) is 0. The maximum Gasteiger partial charge on any atom is 0.0846 e. The van der Waals surface area contributed by atoms with Crippen LogP contribution in [0.5, 0.6) is 0 Å². The van der Waals surface area contributed by atoms with E-state index < -0.39 is 0 Å². The molecule has 0 radical (unpaired) electrons.